The van der Waals surface area contributed by atoms with Crippen LogP contribution >= 0.6 is 0 Å². The first-order chi connectivity index (χ1) is 29.0. The topological polar surface area (TPSA) is 78.9 Å². The molecule has 1 atom stereocenters. The molecule has 0 radical (unpaired) electrons. The zero-order valence-electron chi connectivity index (χ0n) is 38.0. The lowest BCUT2D eigenvalue weighted by atomic mass is 10.1. The summed E-state index contributed by atoms with van der Waals surface area (Å²) >= 11 is 0. The summed E-state index contributed by atoms with van der Waals surface area (Å²) in [6.45, 7) is 6.26. The predicted octanol–water partition coefficient (Wildman–Crippen LogP) is 15.4. The summed E-state index contributed by atoms with van der Waals surface area (Å²) < 4.78 is 16.7. The van der Waals surface area contributed by atoms with Crippen LogP contribution in [0.3, 0.4) is 0 Å². The van der Waals surface area contributed by atoms with E-state index in [1.807, 2.05) is 12.2 Å². The van der Waals surface area contributed by atoms with E-state index >= 15 is 0 Å². The molecule has 1 unspecified atom stereocenters. The van der Waals surface area contributed by atoms with Gasteiger partial charge in [0.2, 0.25) is 0 Å². The maximum Gasteiger partial charge on any atom is 0.306 e. The summed E-state index contributed by atoms with van der Waals surface area (Å²) in [7, 11) is 0. The zero-order valence-corrected chi connectivity index (χ0v) is 38.0. The van der Waals surface area contributed by atoms with Gasteiger partial charge in [-0.1, -0.05) is 201 Å². The zero-order chi connectivity index (χ0) is 43.0. The van der Waals surface area contributed by atoms with Gasteiger partial charge in [-0.2, -0.15) is 0 Å². The number of carbonyl (C=O) groups excluding carboxylic acids is 3. The molecule has 0 rings (SSSR count). The Morgan fingerprint density at radius 1 is 0.373 bits per heavy atom. The molecule has 334 valence electrons. The molecule has 0 fully saturated rings. The normalized spacial score (nSPS) is 12.9. The van der Waals surface area contributed by atoms with E-state index in [1.165, 1.54) is 64.2 Å². The number of unbranched alkanes of at least 4 members (excludes halogenated alkanes) is 18. The number of esters is 3. The monoisotopic (exact) mass is 819 g/mol. The smallest absolute Gasteiger partial charge is 0.306 e. The van der Waals surface area contributed by atoms with Crippen LogP contribution in [0.4, 0.5) is 0 Å². The van der Waals surface area contributed by atoms with Crippen molar-refractivity contribution in [2.75, 3.05) is 13.2 Å². The van der Waals surface area contributed by atoms with Gasteiger partial charge < -0.3 is 14.2 Å². The molecule has 0 bridgehead atoms. The van der Waals surface area contributed by atoms with Crippen LogP contribution in [0, 0.1) is 0 Å². The number of rotatable bonds is 41. The number of ether oxygens (including phenoxy) is 3. The minimum atomic E-state index is -0.815. The average Bonchev–Trinajstić information content (AvgIpc) is 3.23. The highest BCUT2D eigenvalue weighted by Gasteiger charge is 2.19. The van der Waals surface area contributed by atoms with Crippen molar-refractivity contribution in [2.45, 2.75) is 207 Å². The summed E-state index contributed by atoms with van der Waals surface area (Å²) in [4.78, 5) is 37.8. The molecule has 0 N–H and O–H groups in total. The highest BCUT2D eigenvalue weighted by atomic mass is 16.6. The molecule has 0 spiro atoms. The fourth-order valence-corrected chi connectivity index (χ4v) is 6.14. The molecule has 0 aliphatic heterocycles. The second kappa shape index (κ2) is 47.0. The van der Waals surface area contributed by atoms with E-state index in [2.05, 4.69) is 106 Å². The standard InChI is InChI=1S/C53H86O6/c1-4-7-10-13-16-19-22-25-26-29-31-34-37-40-43-46-52(55)58-49-50(59-53(56)47-44-41-38-35-32-28-24-21-18-15-12-9-6-3)48-57-51(54)45-42-39-36-33-30-27-23-20-17-14-11-8-5-2/h7,9-10,12-13,15-16,18-19,21-22,24,27,30,36,39,50H,4-6,8,11,14,17,20,23,25-26,28-29,31-35,37-38,40-49H2,1-3H3/b10-7+,12-9+,16-13+,18-15+,22-19+,24-21+,30-27+,39-36+. The van der Waals surface area contributed by atoms with Crippen LogP contribution in [0.5, 0.6) is 0 Å². The fourth-order valence-electron chi connectivity index (χ4n) is 6.14. The Kier molecular flexibility index (Phi) is 44.1. The summed E-state index contributed by atoms with van der Waals surface area (Å²) in [6, 6.07) is 0. The number of carbonyl (C=O) groups is 3. The molecular formula is C53H86O6. The second-order valence-corrected chi connectivity index (χ2v) is 15.4. The largest absolute Gasteiger partial charge is 0.462 e. The molecule has 0 saturated heterocycles. The molecule has 0 amide bonds. The van der Waals surface area contributed by atoms with Gasteiger partial charge in [0, 0.05) is 19.3 Å². The Balaban J connectivity index is 4.51. The predicted molar refractivity (Wildman–Crippen MR) is 251 cm³/mol. The Bertz CT molecular complexity index is 1220. The Morgan fingerprint density at radius 2 is 0.763 bits per heavy atom. The Morgan fingerprint density at radius 3 is 1.25 bits per heavy atom. The first-order valence-electron chi connectivity index (χ1n) is 23.8. The Hall–Kier alpha value is -3.67. The van der Waals surface area contributed by atoms with E-state index in [0.717, 1.165) is 89.9 Å². The van der Waals surface area contributed by atoms with Crippen LogP contribution in [0.15, 0.2) is 97.2 Å². The third-order valence-corrected chi connectivity index (χ3v) is 9.69. The van der Waals surface area contributed by atoms with E-state index < -0.39 is 6.10 Å². The first-order valence-corrected chi connectivity index (χ1v) is 23.8. The van der Waals surface area contributed by atoms with E-state index in [-0.39, 0.29) is 44.0 Å². The number of allylic oxidation sites excluding steroid dienone is 16. The highest BCUT2D eigenvalue weighted by molar-refractivity contribution is 5.71. The van der Waals surface area contributed by atoms with Gasteiger partial charge >= 0.3 is 17.9 Å². The van der Waals surface area contributed by atoms with E-state index in [4.69, 9.17) is 14.2 Å². The lowest BCUT2D eigenvalue weighted by molar-refractivity contribution is -0.166. The molecule has 0 aliphatic carbocycles. The molecule has 6 nitrogen and oxygen atoms in total. The summed E-state index contributed by atoms with van der Waals surface area (Å²) in [5.74, 6) is -1.02. The highest BCUT2D eigenvalue weighted by Crippen LogP contribution is 2.13. The van der Waals surface area contributed by atoms with Crippen LogP contribution < -0.4 is 0 Å². The SMILES string of the molecule is CC/C=C/C=C/C=C/CCCCCCCCCC(=O)OCC(COC(=O)CC/C=C/C/C=C/CCCCCCCC)OC(=O)CCCCCCC/C=C/C=C/C=C/CC. The molecule has 0 saturated carbocycles. The minimum Gasteiger partial charge on any atom is -0.462 e. The molecule has 59 heavy (non-hydrogen) atoms. The summed E-state index contributed by atoms with van der Waals surface area (Å²) in [5, 5.41) is 0. The van der Waals surface area contributed by atoms with Gasteiger partial charge in [-0.05, 0) is 77.0 Å². The Labute approximate surface area is 362 Å². The number of hydrogen-bond donors (Lipinski definition) is 0. The lowest BCUT2D eigenvalue weighted by Crippen LogP contribution is -2.30. The van der Waals surface area contributed by atoms with Crippen molar-refractivity contribution in [1.82, 2.24) is 0 Å². The summed E-state index contributed by atoms with van der Waals surface area (Å²) in [5.41, 5.74) is 0. The molecule has 0 aromatic heterocycles. The minimum absolute atomic E-state index is 0.111. The lowest BCUT2D eigenvalue weighted by Gasteiger charge is -2.18. The van der Waals surface area contributed by atoms with Gasteiger partial charge in [0.05, 0.1) is 0 Å². The van der Waals surface area contributed by atoms with Crippen LogP contribution in [0.1, 0.15) is 201 Å². The quantitative estimate of drug-likeness (QED) is 0.0201. The summed E-state index contributed by atoms with van der Waals surface area (Å²) in [6.07, 6.45) is 61.1. The van der Waals surface area contributed by atoms with Crippen molar-refractivity contribution in [3.63, 3.8) is 0 Å². The van der Waals surface area contributed by atoms with Crippen molar-refractivity contribution in [3.8, 4) is 0 Å². The molecule has 0 aliphatic rings. The van der Waals surface area contributed by atoms with Crippen LogP contribution in [0.25, 0.3) is 0 Å². The first kappa shape index (κ1) is 55.3. The van der Waals surface area contributed by atoms with Crippen molar-refractivity contribution >= 4 is 17.9 Å². The van der Waals surface area contributed by atoms with Crippen molar-refractivity contribution in [2.24, 2.45) is 0 Å². The van der Waals surface area contributed by atoms with Gasteiger partial charge in [0.25, 0.3) is 0 Å². The third-order valence-electron chi connectivity index (χ3n) is 9.69. The maximum atomic E-state index is 12.7. The van der Waals surface area contributed by atoms with Crippen LogP contribution in [-0.4, -0.2) is 37.2 Å². The van der Waals surface area contributed by atoms with Crippen molar-refractivity contribution in [3.05, 3.63) is 97.2 Å². The average molecular weight is 819 g/mol. The van der Waals surface area contributed by atoms with E-state index in [0.29, 0.717) is 12.8 Å². The molecule has 0 aromatic carbocycles. The van der Waals surface area contributed by atoms with Gasteiger partial charge in [-0.3, -0.25) is 14.4 Å². The van der Waals surface area contributed by atoms with E-state index in [1.54, 1.807) is 0 Å². The van der Waals surface area contributed by atoms with Crippen LogP contribution in [0.2, 0.25) is 0 Å². The number of hydrogen-bond acceptors (Lipinski definition) is 6. The third kappa shape index (κ3) is 45.3. The van der Waals surface area contributed by atoms with Gasteiger partial charge in [0.15, 0.2) is 6.10 Å². The molecule has 6 heteroatoms. The van der Waals surface area contributed by atoms with Gasteiger partial charge in [0.1, 0.15) is 13.2 Å². The molecular weight excluding hydrogens is 733 g/mol. The van der Waals surface area contributed by atoms with Gasteiger partial charge in [-0.15, -0.1) is 0 Å². The van der Waals surface area contributed by atoms with Gasteiger partial charge in [-0.25, -0.2) is 0 Å². The fraction of sp³-hybridized carbons (Fsp3) is 0.642. The molecule has 0 aromatic rings. The molecule has 0 heterocycles. The second-order valence-electron chi connectivity index (χ2n) is 15.4. The maximum absolute atomic E-state index is 12.7. The van der Waals surface area contributed by atoms with Crippen molar-refractivity contribution in [1.29, 1.82) is 0 Å². The van der Waals surface area contributed by atoms with Crippen molar-refractivity contribution < 1.29 is 28.6 Å². The van der Waals surface area contributed by atoms with Crippen LogP contribution in [-0.2, 0) is 28.6 Å². The van der Waals surface area contributed by atoms with E-state index in [9.17, 15) is 14.4 Å².